The van der Waals surface area contributed by atoms with Crippen LogP contribution in [0.3, 0.4) is 0 Å². The molecule has 3 saturated heterocycles. The number of likely N-dealkylation sites (tertiary alicyclic amines) is 1. The van der Waals surface area contributed by atoms with Crippen molar-refractivity contribution in [3.05, 3.63) is 41.3 Å². The van der Waals surface area contributed by atoms with Crippen molar-refractivity contribution < 1.29 is 9.47 Å². The Balaban J connectivity index is 1.30. The number of anilines is 1. The molecule has 3 aliphatic rings. The van der Waals surface area contributed by atoms with Gasteiger partial charge in [0.2, 0.25) is 0 Å². The predicted molar refractivity (Wildman–Crippen MR) is 137 cm³/mol. The molecular formula is C27H36N6O2. The number of aromatic nitrogens is 4. The van der Waals surface area contributed by atoms with E-state index in [4.69, 9.17) is 24.5 Å². The summed E-state index contributed by atoms with van der Waals surface area (Å²) in [6.45, 7) is 12.9. The van der Waals surface area contributed by atoms with Gasteiger partial charge in [-0.3, -0.25) is 4.90 Å². The Morgan fingerprint density at radius 2 is 1.80 bits per heavy atom. The molecule has 1 atom stereocenters. The number of benzene rings is 1. The molecule has 5 heterocycles. The molecule has 8 nitrogen and oxygen atoms in total. The molecule has 0 bridgehead atoms. The molecular weight excluding hydrogens is 440 g/mol. The maximum atomic E-state index is 5.87. The van der Waals surface area contributed by atoms with Crippen LogP contribution in [0.15, 0.2) is 24.4 Å². The topological polar surface area (TPSA) is 68.5 Å². The van der Waals surface area contributed by atoms with Crippen molar-refractivity contribution in [2.75, 3.05) is 50.9 Å². The fourth-order valence-corrected chi connectivity index (χ4v) is 5.82. The predicted octanol–water partition coefficient (Wildman–Crippen LogP) is 3.63. The van der Waals surface area contributed by atoms with Crippen LogP contribution in [0.1, 0.15) is 49.1 Å². The lowest BCUT2D eigenvalue weighted by molar-refractivity contribution is -0.0712. The Morgan fingerprint density at radius 3 is 2.54 bits per heavy atom. The van der Waals surface area contributed by atoms with Gasteiger partial charge in [-0.15, -0.1) is 0 Å². The van der Waals surface area contributed by atoms with Gasteiger partial charge in [0.15, 0.2) is 5.82 Å². The second kappa shape index (κ2) is 9.48. The van der Waals surface area contributed by atoms with Gasteiger partial charge in [0.1, 0.15) is 11.6 Å². The summed E-state index contributed by atoms with van der Waals surface area (Å²) in [5, 5.41) is 5.92. The van der Waals surface area contributed by atoms with Crippen molar-refractivity contribution in [2.24, 2.45) is 0 Å². The Labute approximate surface area is 207 Å². The van der Waals surface area contributed by atoms with Gasteiger partial charge in [-0.25, -0.2) is 14.6 Å². The van der Waals surface area contributed by atoms with Crippen LogP contribution in [0.5, 0.6) is 0 Å². The van der Waals surface area contributed by atoms with E-state index >= 15 is 0 Å². The SMILES string of the molecule is CC[C@@H]1CN(c2cc(-n3ncc4cc(C)c(C5CCN(C6COC6)CC5)cc43)nc(C)n2)CCO1. The minimum absolute atomic E-state index is 0.252. The van der Waals surface area contributed by atoms with Crippen LogP contribution in [0.25, 0.3) is 16.7 Å². The van der Waals surface area contributed by atoms with Crippen molar-refractivity contribution in [3.8, 4) is 5.82 Å². The summed E-state index contributed by atoms with van der Waals surface area (Å²) < 4.78 is 13.3. The molecule has 0 unspecified atom stereocenters. The highest BCUT2D eigenvalue weighted by Crippen LogP contribution is 2.34. The third-order valence-corrected chi connectivity index (χ3v) is 8.01. The van der Waals surface area contributed by atoms with E-state index in [0.29, 0.717) is 12.0 Å². The van der Waals surface area contributed by atoms with E-state index in [9.17, 15) is 0 Å². The smallest absolute Gasteiger partial charge is 0.159 e. The zero-order valence-electron chi connectivity index (χ0n) is 21.1. The number of piperidine rings is 1. The van der Waals surface area contributed by atoms with Crippen molar-refractivity contribution in [1.82, 2.24) is 24.6 Å². The lowest BCUT2D eigenvalue weighted by Gasteiger charge is -2.41. The molecule has 0 aliphatic carbocycles. The van der Waals surface area contributed by atoms with Gasteiger partial charge >= 0.3 is 0 Å². The summed E-state index contributed by atoms with van der Waals surface area (Å²) in [5.41, 5.74) is 3.94. The van der Waals surface area contributed by atoms with Gasteiger partial charge in [0, 0.05) is 24.5 Å². The molecule has 3 aromatic rings. The second-order valence-electron chi connectivity index (χ2n) is 10.3. The molecule has 35 heavy (non-hydrogen) atoms. The molecule has 0 radical (unpaired) electrons. The molecule has 0 N–H and O–H groups in total. The van der Waals surface area contributed by atoms with Crippen LogP contribution >= 0.6 is 0 Å². The van der Waals surface area contributed by atoms with E-state index in [2.05, 4.69) is 41.8 Å². The number of aryl methyl sites for hydroxylation is 2. The maximum absolute atomic E-state index is 5.87. The van der Waals surface area contributed by atoms with Gasteiger partial charge in [-0.1, -0.05) is 6.92 Å². The number of morpholine rings is 1. The Morgan fingerprint density at radius 1 is 1.00 bits per heavy atom. The first-order chi connectivity index (χ1) is 17.1. The van der Waals surface area contributed by atoms with Crippen molar-refractivity contribution >= 4 is 16.7 Å². The standard InChI is InChI=1S/C27H36N6O2/c1-4-23-15-32(9-10-35-23)26-13-27(30-19(3)29-26)33-25-12-24(18(2)11-21(25)14-28-33)20-5-7-31(8-6-20)22-16-34-17-22/h11-14,20,22-23H,4-10,15-17H2,1-3H3/t23-/m1/s1. The van der Waals surface area contributed by atoms with E-state index in [-0.39, 0.29) is 6.10 Å². The summed E-state index contributed by atoms with van der Waals surface area (Å²) in [7, 11) is 0. The van der Waals surface area contributed by atoms with Crippen molar-refractivity contribution in [1.29, 1.82) is 0 Å². The molecule has 0 spiro atoms. The fourth-order valence-electron chi connectivity index (χ4n) is 5.82. The number of ether oxygens (including phenoxy) is 2. The average molecular weight is 477 g/mol. The van der Waals surface area contributed by atoms with E-state index in [0.717, 1.165) is 80.8 Å². The van der Waals surface area contributed by atoms with Crippen LogP contribution < -0.4 is 4.90 Å². The van der Waals surface area contributed by atoms with Crippen molar-refractivity contribution in [3.63, 3.8) is 0 Å². The molecule has 8 heteroatoms. The highest BCUT2D eigenvalue weighted by Gasteiger charge is 2.31. The van der Waals surface area contributed by atoms with Gasteiger partial charge in [-0.2, -0.15) is 5.10 Å². The van der Waals surface area contributed by atoms with E-state index in [1.54, 1.807) is 0 Å². The Bertz CT molecular complexity index is 1200. The molecule has 3 fully saturated rings. The zero-order valence-corrected chi connectivity index (χ0v) is 21.1. The van der Waals surface area contributed by atoms with Crippen molar-refractivity contribution in [2.45, 2.75) is 58.1 Å². The minimum atomic E-state index is 0.252. The lowest BCUT2D eigenvalue weighted by atomic mass is 9.85. The Kier molecular flexibility index (Phi) is 6.20. The van der Waals surface area contributed by atoms with E-state index in [1.165, 1.54) is 24.0 Å². The van der Waals surface area contributed by atoms with Crippen LogP contribution in [0.2, 0.25) is 0 Å². The number of hydrogen-bond donors (Lipinski definition) is 0. The summed E-state index contributed by atoms with van der Waals surface area (Å²) in [6.07, 6.45) is 5.62. The minimum Gasteiger partial charge on any atom is -0.378 e. The highest BCUT2D eigenvalue weighted by molar-refractivity contribution is 5.82. The monoisotopic (exact) mass is 476 g/mol. The molecule has 6 rings (SSSR count). The summed E-state index contributed by atoms with van der Waals surface area (Å²) in [4.78, 5) is 14.5. The van der Waals surface area contributed by atoms with Crippen LogP contribution in [0.4, 0.5) is 5.82 Å². The normalized spacial score (nSPS) is 22.6. The first-order valence-electron chi connectivity index (χ1n) is 13.1. The third-order valence-electron chi connectivity index (χ3n) is 8.01. The zero-order chi connectivity index (χ0) is 23.9. The largest absolute Gasteiger partial charge is 0.378 e. The first-order valence-corrected chi connectivity index (χ1v) is 13.1. The molecule has 2 aromatic heterocycles. The Hall–Kier alpha value is -2.55. The molecule has 186 valence electrons. The van der Waals surface area contributed by atoms with Gasteiger partial charge in [-0.05, 0) is 75.4 Å². The number of rotatable bonds is 5. The number of nitrogens with zero attached hydrogens (tertiary/aromatic N) is 6. The second-order valence-corrected chi connectivity index (χ2v) is 10.3. The molecule has 0 amide bonds. The summed E-state index contributed by atoms with van der Waals surface area (Å²) in [6, 6.07) is 7.37. The number of hydrogen-bond acceptors (Lipinski definition) is 7. The number of fused-ring (bicyclic) bond motifs is 1. The van der Waals surface area contributed by atoms with Gasteiger partial charge in [0.25, 0.3) is 0 Å². The highest BCUT2D eigenvalue weighted by atomic mass is 16.5. The maximum Gasteiger partial charge on any atom is 0.159 e. The third kappa shape index (κ3) is 4.43. The average Bonchev–Trinajstić information content (AvgIpc) is 3.25. The summed E-state index contributed by atoms with van der Waals surface area (Å²) >= 11 is 0. The summed E-state index contributed by atoms with van der Waals surface area (Å²) in [5.74, 6) is 3.14. The van der Waals surface area contributed by atoms with Gasteiger partial charge in [0.05, 0.1) is 43.7 Å². The van der Waals surface area contributed by atoms with E-state index in [1.807, 2.05) is 17.8 Å². The van der Waals surface area contributed by atoms with Crippen LogP contribution in [-0.4, -0.2) is 82.8 Å². The van der Waals surface area contributed by atoms with Crippen LogP contribution in [0, 0.1) is 13.8 Å². The quantitative estimate of drug-likeness (QED) is 0.557. The fraction of sp³-hybridized carbons (Fsp3) is 0.593. The molecule has 3 aliphatic heterocycles. The van der Waals surface area contributed by atoms with Gasteiger partial charge < -0.3 is 14.4 Å². The molecule has 0 saturated carbocycles. The lowest BCUT2D eigenvalue weighted by Crippen LogP contribution is -2.51. The first kappa shape index (κ1) is 22.9. The molecule has 1 aromatic carbocycles. The van der Waals surface area contributed by atoms with E-state index < -0.39 is 0 Å². The van der Waals surface area contributed by atoms with Crippen LogP contribution in [-0.2, 0) is 9.47 Å².